The van der Waals surface area contributed by atoms with Gasteiger partial charge in [0.05, 0.1) is 27.9 Å². The maximum atomic E-state index is 13.5. The van der Waals surface area contributed by atoms with Crippen molar-refractivity contribution in [1.29, 1.82) is 0 Å². The molecule has 3 aromatic rings. The van der Waals surface area contributed by atoms with Crippen molar-refractivity contribution in [3.05, 3.63) is 69.9 Å². The second-order valence-electron chi connectivity index (χ2n) is 6.74. The molecule has 0 spiro atoms. The first-order chi connectivity index (χ1) is 14.2. The molecule has 1 aromatic carbocycles. The van der Waals surface area contributed by atoms with E-state index in [0.717, 1.165) is 12.1 Å². The summed E-state index contributed by atoms with van der Waals surface area (Å²) in [5.74, 6) is -1.06. The second kappa shape index (κ2) is 7.35. The molecule has 0 radical (unpaired) electrons. The van der Waals surface area contributed by atoms with Gasteiger partial charge in [-0.15, -0.1) is 5.10 Å². The first-order valence-corrected chi connectivity index (χ1v) is 9.30. The summed E-state index contributed by atoms with van der Waals surface area (Å²) in [7, 11) is 0. The number of nitrogens with zero attached hydrogens (tertiary/aromatic N) is 5. The topological polar surface area (TPSA) is 63.9 Å². The average molecular weight is 440 g/mol. The number of pyridine rings is 1. The van der Waals surface area contributed by atoms with Crippen LogP contribution in [0.3, 0.4) is 0 Å². The molecule has 2 aromatic heterocycles. The van der Waals surface area contributed by atoms with Gasteiger partial charge < -0.3 is 4.90 Å². The van der Waals surface area contributed by atoms with Crippen LogP contribution in [-0.4, -0.2) is 37.3 Å². The molecule has 0 N–H and O–H groups in total. The number of fused-ring (bicyclic) bond motifs is 1. The average Bonchev–Trinajstić information content (AvgIpc) is 3.12. The minimum absolute atomic E-state index is 0.197. The normalized spacial score (nSPS) is 16.5. The zero-order valence-electron chi connectivity index (χ0n) is 15.5. The maximum absolute atomic E-state index is 13.5. The SMILES string of the molecule is C[C@@H]1c2nnn(-c3cccc(F)n3)c2CCN1C(=O)c1cccc(C(F)(F)F)c1Cl. The van der Waals surface area contributed by atoms with Crippen molar-refractivity contribution in [3.8, 4) is 5.82 Å². The van der Waals surface area contributed by atoms with Crippen LogP contribution in [0.1, 0.15) is 40.3 Å². The first kappa shape index (κ1) is 20.3. The third-order valence-electron chi connectivity index (χ3n) is 4.96. The van der Waals surface area contributed by atoms with Crippen LogP contribution in [-0.2, 0) is 12.6 Å². The molecule has 30 heavy (non-hydrogen) atoms. The molecule has 0 fully saturated rings. The zero-order valence-corrected chi connectivity index (χ0v) is 16.2. The van der Waals surface area contributed by atoms with Crippen LogP contribution in [0.15, 0.2) is 36.4 Å². The summed E-state index contributed by atoms with van der Waals surface area (Å²) in [6.07, 6.45) is -4.36. The van der Waals surface area contributed by atoms with Crippen molar-refractivity contribution < 1.29 is 22.4 Å². The second-order valence-corrected chi connectivity index (χ2v) is 7.12. The van der Waals surface area contributed by atoms with E-state index in [4.69, 9.17) is 11.6 Å². The van der Waals surface area contributed by atoms with Crippen LogP contribution in [0.4, 0.5) is 17.6 Å². The molecule has 156 valence electrons. The first-order valence-electron chi connectivity index (χ1n) is 8.92. The molecule has 1 aliphatic rings. The fourth-order valence-corrected chi connectivity index (χ4v) is 3.80. The van der Waals surface area contributed by atoms with Gasteiger partial charge in [-0.05, 0) is 31.2 Å². The Hall–Kier alpha value is -3.01. The summed E-state index contributed by atoms with van der Waals surface area (Å²) in [6, 6.07) is 6.92. The largest absolute Gasteiger partial charge is 0.417 e. The number of aromatic nitrogens is 4. The van der Waals surface area contributed by atoms with E-state index in [-0.39, 0.29) is 17.9 Å². The van der Waals surface area contributed by atoms with Crippen LogP contribution in [0.25, 0.3) is 5.82 Å². The Bertz CT molecular complexity index is 1130. The molecule has 4 rings (SSSR count). The molecule has 1 amide bonds. The van der Waals surface area contributed by atoms with E-state index >= 15 is 0 Å². The molecule has 1 aliphatic heterocycles. The van der Waals surface area contributed by atoms with Crippen molar-refractivity contribution in [1.82, 2.24) is 24.9 Å². The highest BCUT2D eigenvalue weighted by Crippen LogP contribution is 2.38. The van der Waals surface area contributed by atoms with Gasteiger partial charge in [0.1, 0.15) is 5.69 Å². The predicted molar refractivity (Wildman–Crippen MR) is 98.7 cm³/mol. The molecular formula is C19H14ClF4N5O. The number of hydrogen-bond donors (Lipinski definition) is 0. The quantitative estimate of drug-likeness (QED) is 0.443. The molecule has 3 heterocycles. The highest BCUT2D eigenvalue weighted by Gasteiger charge is 2.37. The number of hydrogen-bond acceptors (Lipinski definition) is 4. The van der Waals surface area contributed by atoms with Gasteiger partial charge in [0, 0.05) is 13.0 Å². The smallest absolute Gasteiger partial charge is 0.330 e. The van der Waals surface area contributed by atoms with Gasteiger partial charge in [-0.3, -0.25) is 4.79 Å². The van der Waals surface area contributed by atoms with E-state index in [0.29, 0.717) is 17.8 Å². The molecule has 0 saturated carbocycles. The van der Waals surface area contributed by atoms with Gasteiger partial charge in [-0.2, -0.15) is 22.2 Å². The van der Waals surface area contributed by atoms with Crippen LogP contribution in [0.5, 0.6) is 0 Å². The number of carbonyl (C=O) groups is 1. The molecule has 0 saturated heterocycles. The van der Waals surface area contributed by atoms with E-state index in [2.05, 4.69) is 15.3 Å². The fourth-order valence-electron chi connectivity index (χ4n) is 3.49. The fraction of sp³-hybridized carbons (Fsp3) is 0.263. The Morgan fingerprint density at radius 1 is 1.20 bits per heavy atom. The number of benzene rings is 1. The summed E-state index contributed by atoms with van der Waals surface area (Å²) in [5, 5.41) is 7.47. The summed E-state index contributed by atoms with van der Waals surface area (Å²) >= 11 is 5.91. The van der Waals surface area contributed by atoms with Crippen LogP contribution >= 0.6 is 11.6 Å². The Balaban J connectivity index is 1.67. The van der Waals surface area contributed by atoms with Gasteiger partial charge >= 0.3 is 6.18 Å². The molecule has 11 heteroatoms. The number of halogens is 5. The molecular weight excluding hydrogens is 426 g/mol. The third-order valence-corrected chi connectivity index (χ3v) is 5.37. The predicted octanol–water partition coefficient (Wildman–Crippen LogP) is 4.23. The Labute approximate surface area is 173 Å². The minimum atomic E-state index is -4.67. The van der Waals surface area contributed by atoms with E-state index in [1.165, 1.54) is 27.8 Å². The lowest BCUT2D eigenvalue weighted by molar-refractivity contribution is -0.137. The monoisotopic (exact) mass is 439 g/mol. The van der Waals surface area contributed by atoms with Crippen molar-refractivity contribution in [2.24, 2.45) is 0 Å². The Kier molecular flexibility index (Phi) is 4.97. The number of amides is 1. The van der Waals surface area contributed by atoms with Crippen molar-refractivity contribution >= 4 is 17.5 Å². The highest BCUT2D eigenvalue weighted by atomic mass is 35.5. The third kappa shape index (κ3) is 3.41. The molecule has 0 bridgehead atoms. The van der Waals surface area contributed by atoms with Crippen LogP contribution in [0, 0.1) is 5.95 Å². The van der Waals surface area contributed by atoms with Crippen molar-refractivity contribution in [2.45, 2.75) is 25.6 Å². The van der Waals surface area contributed by atoms with Crippen LogP contribution in [0.2, 0.25) is 5.02 Å². The van der Waals surface area contributed by atoms with Gasteiger partial charge in [-0.1, -0.05) is 28.9 Å². The van der Waals surface area contributed by atoms with Crippen LogP contribution < -0.4 is 0 Å². The molecule has 1 atom stereocenters. The Morgan fingerprint density at radius 3 is 2.63 bits per heavy atom. The lowest BCUT2D eigenvalue weighted by Gasteiger charge is -2.33. The van der Waals surface area contributed by atoms with Crippen molar-refractivity contribution in [2.75, 3.05) is 6.54 Å². The van der Waals surface area contributed by atoms with E-state index in [1.807, 2.05) is 0 Å². The number of rotatable bonds is 2. The number of carbonyl (C=O) groups excluding carboxylic acids is 1. The summed E-state index contributed by atoms with van der Waals surface area (Å²) in [6.45, 7) is 1.89. The lowest BCUT2D eigenvalue weighted by Crippen LogP contribution is -2.39. The number of alkyl halides is 3. The van der Waals surface area contributed by atoms with Crippen molar-refractivity contribution in [3.63, 3.8) is 0 Å². The highest BCUT2D eigenvalue weighted by molar-refractivity contribution is 6.34. The molecule has 0 unspecified atom stereocenters. The van der Waals surface area contributed by atoms with Gasteiger partial charge in [0.15, 0.2) is 5.82 Å². The maximum Gasteiger partial charge on any atom is 0.417 e. The summed E-state index contributed by atoms with van der Waals surface area (Å²) < 4.78 is 54.3. The Morgan fingerprint density at radius 2 is 1.93 bits per heavy atom. The van der Waals surface area contributed by atoms with Gasteiger partial charge in [0.25, 0.3) is 5.91 Å². The lowest BCUT2D eigenvalue weighted by atomic mass is 10.0. The van der Waals surface area contributed by atoms with Gasteiger partial charge in [0.2, 0.25) is 5.95 Å². The van der Waals surface area contributed by atoms with E-state index < -0.39 is 34.7 Å². The molecule has 0 aliphatic carbocycles. The summed E-state index contributed by atoms with van der Waals surface area (Å²) in [5.41, 5.74) is -0.187. The minimum Gasteiger partial charge on any atom is -0.330 e. The van der Waals surface area contributed by atoms with E-state index in [9.17, 15) is 22.4 Å². The summed E-state index contributed by atoms with van der Waals surface area (Å²) in [4.78, 5) is 18.2. The zero-order chi connectivity index (χ0) is 21.6. The van der Waals surface area contributed by atoms with E-state index in [1.54, 1.807) is 13.0 Å². The molecule has 6 nitrogen and oxygen atoms in total. The standard InChI is InChI=1S/C19H14ClF4N5O/c1-10-17-13(29(27-26-17)15-7-3-6-14(21)25-15)8-9-28(10)18(30)11-4-2-5-12(16(11)20)19(22,23)24/h2-7,10H,8-9H2,1H3/t10-/m1/s1. The van der Waals surface area contributed by atoms with Gasteiger partial charge in [-0.25, -0.2) is 4.98 Å².